The smallest absolute Gasteiger partial charge is 0.489 e. The number of fused-ring (bicyclic) bond motifs is 2. The molecule has 0 fully saturated rings. The number of anilines is 1. The second-order valence-electron chi connectivity index (χ2n) is 13.9. The van der Waals surface area contributed by atoms with E-state index in [0.29, 0.717) is 23.6 Å². The van der Waals surface area contributed by atoms with E-state index in [2.05, 4.69) is 0 Å². The first-order valence-electron chi connectivity index (χ1n) is 15.0. The highest BCUT2D eigenvalue weighted by Gasteiger charge is 2.48. The number of esters is 1. The Morgan fingerprint density at radius 3 is 2.22 bits per heavy atom. The molecule has 3 aromatic rings. The Morgan fingerprint density at radius 1 is 1.00 bits per heavy atom. The van der Waals surface area contributed by atoms with Crippen molar-refractivity contribution in [1.29, 1.82) is 0 Å². The Kier molecular flexibility index (Phi) is 7.93. The van der Waals surface area contributed by atoms with E-state index in [9.17, 15) is 29.6 Å². The Hall–Kier alpha value is -4.79. The third-order valence-corrected chi connectivity index (χ3v) is 8.60. The second-order valence-corrected chi connectivity index (χ2v) is 13.9. The van der Waals surface area contributed by atoms with E-state index in [4.69, 9.17) is 4.74 Å². The van der Waals surface area contributed by atoms with Crippen molar-refractivity contribution in [3.8, 4) is 11.5 Å². The van der Waals surface area contributed by atoms with Crippen LogP contribution >= 0.6 is 0 Å². The predicted molar refractivity (Wildman–Crippen MR) is 174 cm³/mol. The van der Waals surface area contributed by atoms with Gasteiger partial charge in [-0.15, -0.1) is 0 Å². The Morgan fingerprint density at radius 2 is 1.62 bits per heavy atom. The normalized spacial score (nSPS) is 17.7. The van der Waals surface area contributed by atoms with E-state index >= 15 is 0 Å². The van der Waals surface area contributed by atoms with Crippen LogP contribution in [0.4, 0.5) is 11.4 Å². The van der Waals surface area contributed by atoms with Gasteiger partial charge in [0.15, 0.2) is 11.6 Å². The fourth-order valence-corrected chi connectivity index (χ4v) is 6.27. The number of nitro benzene ring substituents is 1. The zero-order valence-electron chi connectivity index (χ0n) is 26.7. The number of aryl methyl sites for hydroxylation is 1. The van der Waals surface area contributed by atoms with Crippen LogP contribution in [0, 0.1) is 16.0 Å². The molecule has 2 unspecified atom stereocenters. The van der Waals surface area contributed by atoms with Crippen molar-refractivity contribution in [2.24, 2.45) is 5.92 Å². The average molecular weight is 612 g/mol. The first kappa shape index (κ1) is 31.6. The number of phenols is 1. The number of Topliss-reactive ketones (excluding diaryl/α,β-unsaturated/α-hetero) is 2. The molecule has 0 amide bonds. The molecule has 2 aliphatic rings. The van der Waals surface area contributed by atoms with Gasteiger partial charge in [-0.05, 0) is 33.9 Å². The number of hydrogen-bond acceptors (Lipinski definition) is 7. The average Bonchev–Trinajstić information content (AvgIpc) is 3.21. The van der Waals surface area contributed by atoms with E-state index < -0.39 is 28.4 Å². The molecule has 0 saturated carbocycles. The van der Waals surface area contributed by atoms with Crippen LogP contribution in [-0.4, -0.2) is 45.4 Å². The lowest BCUT2D eigenvalue weighted by atomic mass is 9.78. The lowest BCUT2D eigenvalue weighted by Crippen LogP contribution is -2.43. The van der Waals surface area contributed by atoms with Crippen LogP contribution in [0.25, 0.3) is 6.08 Å². The summed E-state index contributed by atoms with van der Waals surface area (Å²) in [5.74, 6) is -1.78. The molecule has 0 spiro atoms. The van der Waals surface area contributed by atoms with Crippen molar-refractivity contribution in [1.82, 2.24) is 0 Å². The summed E-state index contributed by atoms with van der Waals surface area (Å²) in [7, 11) is 1.73. The summed E-state index contributed by atoms with van der Waals surface area (Å²) in [6, 6.07) is 12.7. The number of phenolic OH excluding ortho intramolecular Hbond substituents is 1. The van der Waals surface area contributed by atoms with Crippen molar-refractivity contribution < 1.29 is 29.2 Å². The molecule has 1 aliphatic heterocycles. The topological polar surface area (TPSA) is 131 Å². The molecular formula is C36H39N2O7+. The van der Waals surface area contributed by atoms with Crippen molar-refractivity contribution in [3.63, 3.8) is 0 Å². The number of carbonyl (C=O) groups is 2. The van der Waals surface area contributed by atoms with Crippen molar-refractivity contribution in [2.45, 2.75) is 71.3 Å². The number of hydrogen-bond donors (Lipinski definition) is 1. The number of likely N-dealkylation sites (N-methyl/N-ethyl adjacent to an activating group) is 1. The van der Waals surface area contributed by atoms with E-state index in [1.165, 1.54) is 18.2 Å². The van der Waals surface area contributed by atoms with Crippen LogP contribution in [-0.2, 0) is 17.3 Å². The molecule has 1 aliphatic carbocycles. The zero-order valence-corrected chi connectivity index (χ0v) is 26.7. The first-order valence-corrected chi connectivity index (χ1v) is 15.0. The quantitative estimate of drug-likeness (QED) is 0.0798. The monoisotopic (exact) mass is 611 g/mol. The van der Waals surface area contributed by atoms with Crippen LogP contribution in [0.5, 0.6) is 11.5 Å². The molecule has 9 heteroatoms. The molecule has 1 heterocycles. The maximum atomic E-state index is 13.5. The molecule has 234 valence electrons. The number of carbonyl (C=O) groups excluding carboxylic acids is 3. The van der Waals surface area contributed by atoms with Gasteiger partial charge in [0.25, 0.3) is 11.4 Å². The summed E-state index contributed by atoms with van der Waals surface area (Å²) in [6.45, 7) is 12.3. The van der Waals surface area contributed by atoms with Crippen LogP contribution in [0.15, 0.2) is 54.6 Å². The van der Waals surface area contributed by atoms with Crippen LogP contribution < -0.4 is 9.64 Å². The molecule has 0 aromatic heterocycles. The van der Waals surface area contributed by atoms with Gasteiger partial charge in [0.05, 0.1) is 11.0 Å². The number of nitrogens with zero attached hydrogens (tertiary/aromatic N) is 2. The highest BCUT2D eigenvalue weighted by molar-refractivity contribution is 6.28. The van der Waals surface area contributed by atoms with Crippen LogP contribution in [0.3, 0.4) is 0 Å². The zero-order chi connectivity index (χ0) is 33.0. The molecule has 5 rings (SSSR count). The largest absolute Gasteiger partial charge is 0.507 e. The molecule has 3 aromatic carbocycles. The van der Waals surface area contributed by atoms with Gasteiger partial charge in [0.2, 0.25) is 0 Å². The lowest BCUT2D eigenvalue weighted by Gasteiger charge is -2.34. The van der Waals surface area contributed by atoms with Gasteiger partial charge >= 0.3 is 5.97 Å². The van der Waals surface area contributed by atoms with Crippen molar-refractivity contribution >= 4 is 35.0 Å². The summed E-state index contributed by atoms with van der Waals surface area (Å²) in [4.78, 5) is 50.6. The highest BCUT2D eigenvalue weighted by atomic mass is 16.6. The van der Waals surface area contributed by atoms with Crippen LogP contribution in [0.1, 0.15) is 90.9 Å². The van der Waals surface area contributed by atoms with Gasteiger partial charge in [0, 0.05) is 30.3 Å². The Balaban J connectivity index is 1.38. The van der Waals surface area contributed by atoms with Gasteiger partial charge < -0.3 is 14.8 Å². The van der Waals surface area contributed by atoms with E-state index in [-0.39, 0.29) is 40.0 Å². The fraction of sp³-hybridized carbons (Fsp3) is 0.361. The van der Waals surface area contributed by atoms with E-state index in [1.54, 1.807) is 36.2 Å². The summed E-state index contributed by atoms with van der Waals surface area (Å²) in [5.41, 5.74) is 2.94. The number of ketones is 2. The minimum Gasteiger partial charge on any atom is -0.507 e. The summed E-state index contributed by atoms with van der Waals surface area (Å²) in [5, 5.41) is 22.7. The predicted octanol–water partition coefficient (Wildman–Crippen LogP) is 6.94. The third kappa shape index (κ3) is 5.75. The van der Waals surface area contributed by atoms with Crippen molar-refractivity contribution in [3.05, 3.63) is 98.1 Å². The maximum Gasteiger partial charge on any atom is 0.489 e. The maximum absolute atomic E-state index is 13.5. The number of para-hydroxylation sites is 1. The standard InChI is InChI=1S/C36H38N2O7/c1-35(2,3)23-18-20(19-24(33(23)41)36(4,5)6)14-17-28(39)45-27-13-8-10-21-15-16-25(37(7)31(21)27)30-32(40)22-11-9-12-26(38(43)44)29(22)34(30)42/h8-13,15-16,18-19,25,30,41H,14,17H2,1-7H3/p+1. The summed E-state index contributed by atoms with van der Waals surface area (Å²) in [6.07, 6.45) is 4.20. The van der Waals surface area contributed by atoms with Gasteiger partial charge in [-0.1, -0.05) is 90.1 Å². The van der Waals surface area contributed by atoms with E-state index in [0.717, 1.165) is 22.3 Å². The van der Waals surface area contributed by atoms with Gasteiger partial charge in [-0.25, -0.2) is 0 Å². The number of benzene rings is 3. The van der Waals surface area contributed by atoms with Crippen LogP contribution in [0.2, 0.25) is 0 Å². The number of nitro groups is 1. The number of aromatic hydroxyl groups is 1. The SMILES string of the molecule is CN1c2c(cccc2OC(=[OH+])CCc2cc(C(C)(C)C)c(O)c(C(C)(C)C)c2)C=CC1C1C(=O)c2cccc([N+](=O)[O-])c2C1=O. The molecule has 9 nitrogen and oxygen atoms in total. The molecule has 45 heavy (non-hydrogen) atoms. The molecule has 2 N–H and O–H groups in total. The summed E-state index contributed by atoms with van der Waals surface area (Å²) >= 11 is 0. The molecule has 2 atom stereocenters. The first-order chi connectivity index (χ1) is 21.0. The second kappa shape index (κ2) is 11.3. The van der Waals surface area contributed by atoms with Gasteiger partial charge in [-0.2, -0.15) is 0 Å². The number of rotatable bonds is 6. The third-order valence-electron chi connectivity index (χ3n) is 8.60. The van der Waals surface area contributed by atoms with Crippen molar-refractivity contribution in [2.75, 3.05) is 11.9 Å². The summed E-state index contributed by atoms with van der Waals surface area (Å²) < 4.78 is 5.99. The van der Waals surface area contributed by atoms with E-state index in [1.807, 2.05) is 59.7 Å². The molecule has 0 radical (unpaired) electrons. The lowest BCUT2D eigenvalue weighted by molar-refractivity contribution is -0.385. The van der Waals surface area contributed by atoms with Gasteiger partial charge in [-0.3, -0.25) is 24.4 Å². The Labute approximate surface area is 262 Å². The number of ether oxygens (including phenoxy) is 1. The minimum atomic E-state index is -1.16. The highest BCUT2D eigenvalue weighted by Crippen LogP contribution is 2.43. The Bertz CT molecular complexity index is 1740. The molecular weight excluding hydrogens is 572 g/mol. The molecule has 0 bridgehead atoms. The molecule has 0 saturated heterocycles. The fourth-order valence-electron chi connectivity index (χ4n) is 6.27. The minimum absolute atomic E-state index is 0.0563. The van der Waals surface area contributed by atoms with Gasteiger partial charge in [0.1, 0.15) is 29.3 Å².